The zero-order valence-corrected chi connectivity index (χ0v) is 6.22. The van der Waals surface area contributed by atoms with Gasteiger partial charge in [-0.3, -0.25) is 4.57 Å². The zero-order valence-electron chi connectivity index (χ0n) is 5.33. The molecule has 0 atom stereocenters. The Balaban J connectivity index is 3.53. The summed E-state index contributed by atoms with van der Waals surface area (Å²) in [7, 11) is -2.60. The van der Waals surface area contributed by atoms with Gasteiger partial charge < -0.3 is 9.63 Å². The van der Waals surface area contributed by atoms with Crippen LogP contribution in [0.5, 0.6) is 0 Å². The normalized spacial score (nSPS) is 11.3. The minimum absolute atomic E-state index is 0.482. The summed E-state index contributed by atoms with van der Waals surface area (Å²) in [6.07, 6.45) is 0. The smallest absolute Gasteiger partial charge is 0.330 e. The average molecular weight is 152 g/mol. The first-order valence-corrected chi connectivity index (χ1v) is 4.85. The second kappa shape index (κ2) is 2.99. The first-order valence-electron chi connectivity index (χ1n) is 2.33. The summed E-state index contributed by atoms with van der Waals surface area (Å²) in [6, 6.07) is 0. The zero-order chi connectivity index (χ0) is 7.49. The van der Waals surface area contributed by atoms with Crippen LogP contribution >= 0.6 is 7.37 Å². The number of carboxylic acid groups (broad SMARTS) is 1. The molecule has 0 saturated heterocycles. The second-order valence-corrected chi connectivity index (χ2v) is 4.68. The number of carbonyl (C=O) groups is 1. The Hall–Kier alpha value is -0.340. The Bertz CT molecular complexity index is 147. The summed E-state index contributed by atoms with van der Waals surface area (Å²) in [5.41, 5.74) is 0. The summed E-state index contributed by atoms with van der Waals surface area (Å²) in [5.74, 6) is -1.10. The topological polar surface area (TPSA) is 63.6 Å². The van der Waals surface area contributed by atoms with Crippen molar-refractivity contribution in [3.8, 4) is 0 Å². The van der Waals surface area contributed by atoms with Crippen LogP contribution in [0.4, 0.5) is 0 Å². The van der Waals surface area contributed by atoms with Crippen LogP contribution in [0.3, 0.4) is 0 Å². The summed E-state index contributed by atoms with van der Waals surface area (Å²) >= 11 is 0. The van der Waals surface area contributed by atoms with Gasteiger partial charge in [-0.15, -0.1) is 0 Å². The molecular formula is C4H9O4P. The van der Waals surface area contributed by atoms with Gasteiger partial charge in [0.1, 0.15) is 0 Å². The van der Waals surface area contributed by atoms with E-state index < -0.39 is 19.9 Å². The van der Waals surface area contributed by atoms with Gasteiger partial charge in [0, 0.05) is 13.3 Å². The lowest BCUT2D eigenvalue weighted by Crippen LogP contribution is -2.04. The SMILES string of the molecule is CP(C)(=O)OCC(=O)O. The second-order valence-electron chi connectivity index (χ2n) is 1.92. The van der Waals surface area contributed by atoms with Crippen molar-refractivity contribution in [1.29, 1.82) is 0 Å². The third-order valence-corrected chi connectivity index (χ3v) is 1.25. The number of hydrogen-bond acceptors (Lipinski definition) is 3. The first kappa shape index (κ1) is 8.66. The highest BCUT2D eigenvalue weighted by Gasteiger charge is 2.08. The van der Waals surface area contributed by atoms with Gasteiger partial charge in [-0.25, -0.2) is 4.79 Å². The lowest BCUT2D eigenvalue weighted by atomic mass is 10.8. The average Bonchev–Trinajstić information content (AvgIpc) is 1.59. The van der Waals surface area contributed by atoms with E-state index in [1.165, 1.54) is 13.3 Å². The molecule has 0 aromatic carbocycles. The van der Waals surface area contributed by atoms with E-state index in [4.69, 9.17) is 5.11 Å². The Labute approximate surface area is 53.3 Å². The molecule has 0 heterocycles. The molecule has 0 aromatic heterocycles. The fraction of sp³-hybridized carbons (Fsp3) is 0.750. The molecule has 5 heteroatoms. The van der Waals surface area contributed by atoms with Crippen molar-refractivity contribution in [2.45, 2.75) is 0 Å². The monoisotopic (exact) mass is 152 g/mol. The summed E-state index contributed by atoms with van der Waals surface area (Å²) in [4.78, 5) is 9.80. The number of hydrogen-bond donors (Lipinski definition) is 1. The van der Waals surface area contributed by atoms with Gasteiger partial charge in [0.25, 0.3) is 0 Å². The molecule has 0 aliphatic rings. The Morgan fingerprint density at radius 3 is 2.22 bits per heavy atom. The van der Waals surface area contributed by atoms with Gasteiger partial charge in [0.05, 0.1) is 0 Å². The fourth-order valence-corrected chi connectivity index (χ4v) is 0.632. The maximum atomic E-state index is 10.6. The van der Waals surface area contributed by atoms with Gasteiger partial charge in [-0.2, -0.15) is 0 Å². The van der Waals surface area contributed by atoms with Gasteiger partial charge in [-0.05, 0) is 0 Å². The lowest BCUT2D eigenvalue weighted by molar-refractivity contribution is -0.139. The van der Waals surface area contributed by atoms with Crippen LogP contribution in [0.15, 0.2) is 0 Å². The minimum Gasteiger partial charge on any atom is -0.480 e. The molecule has 0 aromatic rings. The minimum atomic E-state index is -2.60. The van der Waals surface area contributed by atoms with Gasteiger partial charge in [0.2, 0.25) is 0 Å². The van der Waals surface area contributed by atoms with E-state index >= 15 is 0 Å². The maximum Gasteiger partial charge on any atom is 0.330 e. The van der Waals surface area contributed by atoms with E-state index in [9.17, 15) is 9.36 Å². The molecule has 0 radical (unpaired) electrons. The molecule has 0 fully saturated rings. The van der Waals surface area contributed by atoms with Crippen molar-refractivity contribution >= 4 is 13.3 Å². The van der Waals surface area contributed by atoms with Crippen molar-refractivity contribution in [2.24, 2.45) is 0 Å². The molecule has 0 saturated carbocycles. The lowest BCUT2D eigenvalue weighted by Gasteiger charge is -2.03. The van der Waals surface area contributed by atoms with Crippen LogP contribution in [0.1, 0.15) is 0 Å². The Morgan fingerprint density at radius 2 is 2.11 bits per heavy atom. The van der Waals surface area contributed by atoms with Crippen molar-refractivity contribution < 1.29 is 19.0 Å². The predicted molar refractivity (Wildman–Crippen MR) is 33.0 cm³/mol. The third-order valence-electron chi connectivity index (χ3n) is 0.499. The van der Waals surface area contributed by atoms with E-state index in [2.05, 4.69) is 4.52 Å². The molecular weight excluding hydrogens is 143 g/mol. The van der Waals surface area contributed by atoms with Crippen molar-refractivity contribution in [1.82, 2.24) is 0 Å². The van der Waals surface area contributed by atoms with E-state index in [0.29, 0.717) is 0 Å². The third kappa shape index (κ3) is 7.66. The van der Waals surface area contributed by atoms with Gasteiger partial charge in [-0.1, -0.05) is 0 Å². The van der Waals surface area contributed by atoms with Gasteiger partial charge in [0.15, 0.2) is 14.0 Å². The van der Waals surface area contributed by atoms with Crippen molar-refractivity contribution in [3.63, 3.8) is 0 Å². The molecule has 0 aliphatic heterocycles. The number of carboxylic acids is 1. The van der Waals surface area contributed by atoms with E-state index in [0.717, 1.165) is 0 Å². The van der Waals surface area contributed by atoms with E-state index in [-0.39, 0.29) is 0 Å². The summed E-state index contributed by atoms with van der Waals surface area (Å²) in [6.45, 7) is 2.26. The predicted octanol–water partition coefficient (Wildman–Crippen LogP) is 0.625. The molecule has 0 bridgehead atoms. The standard InChI is InChI=1S/C4H9O4P/c1-9(2,7)8-3-4(5)6/h3H2,1-2H3,(H,5,6). The van der Waals surface area contributed by atoms with Gasteiger partial charge >= 0.3 is 5.97 Å². The van der Waals surface area contributed by atoms with Crippen LogP contribution in [-0.2, 0) is 13.9 Å². The van der Waals surface area contributed by atoms with E-state index in [1.54, 1.807) is 0 Å². The largest absolute Gasteiger partial charge is 0.480 e. The maximum absolute atomic E-state index is 10.6. The number of aliphatic carboxylic acids is 1. The van der Waals surface area contributed by atoms with Crippen molar-refractivity contribution in [2.75, 3.05) is 19.9 Å². The van der Waals surface area contributed by atoms with Crippen LogP contribution in [-0.4, -0.2) is 31.0 Å². The molecule has 0 spiro atoms. The van der Waals surface area contributed by atoms with Crippen LogP contribution in [0.25, 0.3) is 0 Å². The molecule has 54 valence electrons. The highest BCUT2D eigenvalue weighted by atomic mass is 31.2. The quantitative estimate of drug-likeness (QED) is 0.602. The molecule has 0 amide bonds. The Morgan fingerprint density at radius 1 is 1.67 bits per heavy atom. The number of rotatable bonds is 3. The molecule has 0 aliphatic carbocycles. The molecule has 0 rings (SSSR count). The van der Waals surface area contributed by atoms with Crippen LogP contribution in [0.2, 0.25) is 0 Å². The molecule has 9 heavy (non-hydrogen) atoms. The fourth-order valence-electron chi connectivity index (χ4n) is 0.211. The highest BCUT2D eigenvalue weighted by molar-refractivity contribution is 7.57. The summed E-state index contributed by atoms with van der Waals surface area (Å²) < 4.78 is 15.1. The molecule has 0 unspecified atom stereocenters. The van der Waals surface area contributed by atoms with Crippen LogP contribution in [0, 0.1) is 0 Å². The summed E-state index contributed by atoms with van der Waals surface area (Å²) in [5, 5.41) is 8.03. The molecule has 4 nitrogen and oxygen atoms in total. The Kier molecular flexibility index (Phi) is 2.88. The van der Waals surface area contributed by atoms with Crippen LogP contribution < -0.4 is 0 Å². The highest BCUT2D eigenvalue weighted by Crippen LogP contribution is 2.36. The first-order chi connectivity index (χ1) is 3.92. The van der Waals surface area contributed by atoms with Crippen molar-refractivity contribution in [3.05, 3.63) is 0 Å². The molecule has 1 N–H and O–H groups in total. The van der Waals surface area contributed by atoms with E-state index in [1.807, 2.05) is 0 Å².